The molecule has 0 saturated heterocycles. The minimum absolute atomic E-state index is 0.0134. The zero-order valence-corrected chi connectivity index (χ0v) is 31.6. The van der Waals surface area contributed by atoms with Crippen molar-refractivity contribution in [2.45, 2.75) is 46.0 Å². The lowest BCUT2D eigenvalue weighted by Gasteiger charge is -2.17. The van der Waals surface area contributed by atoms with Crippen LogP contribution in [0.5, 0.6) is 11.5 Å². The number of hydrogen-bond acceptors (Lipinski definition) is 6. The van der Waals surface area contributed by atoms with E-state index in [9.17, 15) is 33.8 Å². The first-order chi connectivity index (χ1) is 25.5. The SMILES string of the molecule is CCCC(C(=O)Oc1cc2c(CC(=O)O)c(C)n(C(=O)c3ccc(Cl)c(Cl)c3)c2cc1F)c1c(C)n(C(=O)c2ccc(Cl)c(Cl)c2)c2cc(F)c(O)cc12. The van der Waals surface area contributed by atoms with Crippen LogP contribution in [0.3, 0.4) is 0 Å². The number of rotatable bonds is 9. The maximum Gasteiger partial charge on any atom is 0.318 e. The van der Waals surface area contributed by atoms with Crippen LogP contribution >= 0.6 is 46.4 Å². The van der Waals surface area contributed by atoms with Crippen LogP contribution in [0.25, 0.3) is 21.8 Å². The first kappa shape index (κ1) is 38.8. The van der Waals surface area contributed by atoms with E-state index in [2.05, 4.69) is 0 Å². The van der Waals surface area contributed by atoms with Crippen molar-refractivity contribution in [2.75, 3.05) is 0 Å². The average Bonchev–Trinajstić information content (AvgIpc) is 3.53. The number of carboxylic acids is 1. The summed E-state index contributed by atoms with van der Waals surface area (Å²) in [5, 5.41) is 21.0. The molecule has 0 spiro atoms. The largest absolute Gasteiger partial charge is 0.505 e. The van der Waals surface area contributed by atoms with Gasteiger partial charge >= 0.3 is 11.9 Å². The fraction of sp³-hybridized carbons (Fsp3) is 0.179. The summed E-state index contributed by atoms with van der Waals surface area (Å²) in [5.41, 5.74) is 1.08. The van der Waals surface area contributed by atoms with Gasteiger partial charge in [0.1, 0.15) is 0 Å². The van der Waals surface area contributed by atoms with Crippen LogP contribution in [0.4, 0.5) is 8.78 Å². The molecule has 2 heterocycles. The van der Waals surface area contributed by atoms with Gasteiger partial charge in [-0.25, -0.2) is 8.78 Å². The number of phenols is 1. The minimum atomic E-state index is -1.23. The number of carbonyl (C=O) groups excluding carboxylic acids is 3. The molecule has 9 nitrogen and oxygen atoms in total. The molecule has 2 N–H and O–H groups in total. The van der Waals surface area contributed by atoms with Crippen LogP contribution < -0.4 is 4.74 Å². The highest BCUT2D eigenvalue weighted by Crippen LogP contribution is 2.40. The van der Waals surface area contributed by atoms with Crippen LogP contribution in [0, 0.1) is 25.5 Å². The number of ether oxygens (including phenoxy) is 1. The number of carboxylic acid groups (broad SMARTS) is 1. The Morgan fingerprint density at radius 2 is 1.28 bits per heavy atom. The highest BCUT2D eigenvalue weighted by molar-refractivity contribution is 6.42. The Bertz CT molecular complexity index is 2580. The van der Waals surface area contributed by atoms with E-state index in [1.807, 2.05) is 0 Å². The van der Waals surface area contributed by atoms with E-state index >= 15 is 4.39 Å². The van der Waals surface area contributed by atoms with Gasteiger partial charge < -0.3 is 14.9 Å². The maximum atomic E-state index is 16.0. The molecule has 1 atom stereocenters. The molecule has 4 aromatic carbocycles. The second-order valence-electron chi connectivity index (χ2n) is 12.6. The highest BCUT2D eigenvalue weighted by Gasteiger charge is 2.33. The summed E-state index contributed by atoms with van der Waals surface area (Å²) < 4.78 is 38.8. The number of benzene rings is 4. The second kappa shape index (κ2) is 15.1. The van der Waals surface area contributed by atoms with Crippen molar-refractivity contribution in [3.05, 3.63) is 126 Å². The van der Waals surface area contributed by atoms with Crippen molar-refractivity contribution >= 4 is 92.0 Å². The van der Waals surface area contributed by atoms with Gasteiger partial charge in [-0.15, -0.1) is 0 Å². The third kappa shape index (κ3) is 6.93. The zero-order chi connectivity index (χ0) is 39.3. The lowest BCUT2D eigenvalue weighted by molar-refractivity contribution is -0.137. The molecule has 54 heavy (non-hydrogen) atoms. The number of fused-ring (bicyclic) bond motifs is 2. The van der Waals surface area contributed by atoms with Crippen LogP contribution in [-0.4, -0.2) is 43.1 Å². The summed E-state index contributed by atoms with van der Waals surface area (Å²) in [4.78, 5) is 53.7. The number of esters is 1. The van der Waals surface area contributed by atoms with E-state index < -0.39 is 59.2 Å². The van der Waals surface area contributed by atoms with Gasteiger partial charge in [-0.3, -0.25) is 28.3 Å². The summed E-state index contributed by atoms with van der Waals surface area (Å²) in [6.07, 6.45) is -0.0182. The molecule has 6 rings (SSSR count). The molecular weight excluding hydrogens is 788 g/mol. The monoisotopic (exact) mass is 814 g/mol. The number of aromatic nitrogens is 2. The maximum absolute atomic E-state index is 16.0. The fourth-order valence-corrected chi connectivity index (χ4v) is 7.31. The first-order valence-corrected chi connectivity index (χ1v) is 17.8. The van der Waals surface area contributed by atoms with Gasteiger partial charge in [-0.05, 0) is 79.9 Å². The lowest BCUT2D eigenvalue weighted by atomic mass is 9.92. The average molecular weight is 816 g/mol. The molecule has 0 aliphatic rings. The van der Waals surface area contributed by atoms with E-state index in [0.29, 0.717) is 6.42 Å². The van der Waals surface area contributed by atoms with Crippen molar-refractivity contribution in [1.29, 1.82) is 0 Å². The van der Waals surface area contributed by atoms with Gasteiger partial charge in [0.15, 0.2) is 23.1 Å². The number of hydrogen-bond donors (Lipinski definition) is 2. The molecule has 15 heteroatoms. The molecule has 0 aliphatic carbocycles. The zero-order valence-electron chi connectivity index (χ0n) is 28.6. The summed E-state index contributed by atoms with van der Waals surface area (Å²) in [5.74, 6) is -7.96. The van der Waals surface area contributed by atoms with Crippen LogP contribution in [0.2, 0.25) is 20.1 Å². The van der Waals surface area contributed by atoms with Gasteiger partial charge in [0.2, 0.25) is 0 Å². The van der Waals surface area contributed by atoms with Gasteiger partial charge in [-0.2, -0.15) is 0 Å². The fourth-order valence-electron chi connectivity index (χ4n) is 6.71. The Balaban J connectivity index is 1.47. The molecular formula is C39H28Cl4F2N2O7. The standard InChI is InChI=1S/C39H28Cl4F2N2O7/c1-4-5-21(36-18(3)47(32-15-29(44)33(48)12-24(32)36)38(52)20-7-9-26(41)28(43)11-20)39(53)54-34-13-23-22(14-35(49)50)17(2)46(31(23)16-30(34)45)37(51)19-6-8-25(40)27(42)10-19/h6-13,15-16,21,48H,4-5,14H2,1-3H3,(H,49,50). The molecule has 0 fully saturated rings. The third-order valence-corrected chi connectivity index (χ3v) is 10.7. The number of carbonyl (C=O) groups is 4. The number of aromatic hydroxyl groups is 1. The van der Waals surface area contributed by atoms with Gasteiger partial charge in [0.25, 0.3) is 11.8 Å². The summed E-state index contributed by atoms with van der Waals surface area (Å²) in [6, 6.07) is 12.6. The van der Waals surface area contributed by atoms with Crippen molar-refractivity contribution < 1.29 is 42.9 Å². The lowest BCUT2D eigenvalue weighted by Crippen LogP contribution is -2.21. The minimum Gasteiger partial charge on any atom is -0.505 e. The Morgan fingerprint density at radius 3 is 1.81 bits per heavy atom. The van der Waals surface area contributed by atoms with Crippen molar-refractivity contribution in [2.24, 2.45) is 0 Å². The molecule has 1 unspecified atom stereocenters. The van der Waals surface area contributed by atoms with E-state index in [4.69, 9.17) is 51.1 Å². The molecule has 2 aromatic heterocycles. The topological polar surface area (TPSA) is 128 Å². The molecule has 278 valence electrons. The number of halogens is 6. The molecule has 0 amide bonds. The van der Waals surface area contributed by atoms with Crippen molar-refractivity contribution in [1.82, 2.24) is 9.13 Å². The van der Waals surface area contributed by atoms with Crippen molar-refractivity contribution in [3.8, 4) is 11.5 Å². The van der Waals surface area contributed by atoms with Crippen LogP contribution in [-0.2, 0) is 16.0 Å². The van der Waals surface area contributed by atoms with Crippen molar-refractivity contribution in [3.63, 3.8) is 0 Å². The normalized spacial score (nSPS) is 12.0. The van der Waals surface area contributed by atoms with Crippen LogP contribution in [0.1, 0.15) is 68.9 Å². The summed E-state index contributed by atoms with van der Waals surface area (Å²) >= 11 is 24.4. The smallest absolute Gasteiger partial charge is 0.318 e. The molecule has 0 saturated carbocycles. The number of aliphatic carboxylic acids is 1. The summed E-state index contributed by atoms with van der Waals surface area (Å²) in [6.45, 7) is 4.83. The highest BCUT2D eigenvalue weighted by atomic mass is 35.5. The molecule has 0 radical (unpaired) electrons. The van der Waals surface area contributed by atoms with Crippen LogP contribution in [0.15, 0.2) is 60.7 Å². The predicted octanol–water partition coefficient (Wildman–Crippen LogP) is 10.3. The summed E-state index contributed by atoms with van der Waals surface area (Å²) in [7, 11) is 0. The van der Waals surface area contributed by atoms with Gasteiger partial charge in [0, 0.05) is 45.4 Å². The molecule has 0 bridgehead atoms. The van der Waals surface area contributed by atoms with Gasteiger partial charge in [-0.1, -0.05) is 59.7 Å². The molecule has 0 aliphatic heterocycles. The second-order valence-corrected chi connectivity index (χ2v) is 14.2. The Hall–Kier alpha value is -4.94. The van der Waals surface area contributed by atoms with E-state index in [1.165, 1.54) is 54.8 Å². The Kier molecular flexibility index (Phi) is 10.8. The van der Waals surface area contributed by atoms with Gasteiger partial charge in [0.05, 0.1) is 43.5 Å². The molecule has 6 aromatic rings. The first-order valence-electron chi connectivity index (χ1n) is 16.3. The van der Waals surface area contributed by atoms with E-state index in [-0.39, 0.29) is 82.0 Å². The Morgan fingerprint density at radius 1 is 0.741 bits per heavy atom. The van der Waals surface area contributed by atoms with E-state index in [1.54, 1.807) is 6.92 Å². The van der Waals surface area contributed by atoms with E-state index in [0.717, 1.165) is 28.8 Å². The Labute approximate surface area is 326 Å². The third-order valence-electron chi connectivity index (χ3n) is 9.20. The predicted molar refractivity (Wildman–Crippen MR) is 202 cm³/mol. The number of phenolic OH excluding ortho intramolecular Hbond substituents is 1. The quantitative estimate of drug-likeness (QED) is 0.110. The number of nitrogens with zero attached hydrogens (tertiary/aromatic N) is 2.